The Morgan fingerprint density at radius 1 is 1.21 bits per heavy atom. The number of allylic oxidation sites excluding steroid dienone is 1. The van der Waals surface area contributed by atoms with Crippen LogP contribution in [0.2, 0.25) is 0 Å². The number of hydrogen-bond donors (Lipinski definition) is 1. The van der Waals surface area contributed by atoms with Gasteiger partial charge in [0.1, 0.15) is 0 Å². The average molecular weight is 187 g/mol. The Bertz CT molecular complexity index is 331. The molecule has 0 aliphatic carbocycles. The summed E-state index contributed by atoms with van der Waals surface area (Å²) in [6.45, 7) is 3.30. The van der Waals surface area contributed by atoms with E-state index in [9.17, 15) is 0 Å². The molecule has 0 atom stereocenters. The van der Waals surface area contributed by atoms with E-state index in [2.05, 4.69) is 42.6 Å². The van der Waals surface area contributed by atoms with E-state index in [4.69, 9.17) is 0 Å². The van der Waals surface area contributed by atoms with Gasteiger partial charge in [-0.05, 0) is 43.4 Å². The Hall–Kier alpha value is -1.24. The van der Waals surface area contributed by atoms with Crippen LogP contribution in [0.3, 0.4) is 0 Å². The monoisotopic (exact) mass is 187 g/mol. The summed E-state index contributed by atoms with van der Waals surface area (Å²) in [5.41, 5.74) is 4.09. The Balaban J connectivity index is 2.19. The predicted octanol–water partition coefficient (Wildman–Crippen LogP) is 3.11. The Morgan fingerprint density at radius 3 is 2.79 bits per heavy atom. The molecule has 1 aromatic rings. The zero-order valence-corrected chi connectivity index (χ0v) is 8.72. The fraction of sp³-hybridized carbons (Fsp3) is 0.385. The largest absolute Gasteiger partial charge is 0.388 e. The maximum absolute atomic E-state index is 3.46. The van der Waals surface area contributed by atoms with Crippen LogP contribution in [0.4, 0.5) is 0 Å². The van der Waals surface area contributed by atoms with Crippen LogP contribution in [0.5, 0.6) is 0 Å². The van der Waals surface area contributed by atoms with Gasteiger partial charge in [0.05, 0.1) is 0 Å². The summed E-state index contributed by atoms with van der Waals surface area (Å²) in [6.07, 6.45) is 6.12. The lowest BCUT2D eigenvalue weighted by atomic mass is 10.0. The minimum atomic E-state index is 1.14. The van der Waals surface area contributed by atoms with Crippen molar-refractivity contribution in [2.45, 2.75) is 26.2 Å². The molecule has 1 heterocycles. The molecule has 0 bridgehead atoms. The van der Waals surface area contributed by atoms with Gasteiger partial charge in [0.2, 0.25) is 0 Å². The fourth-order valence-corrected chi connectivity index (χ4v) is 1.84. The highest BCUT2D eigenvalue weighted by Crippen LogP contribution is 2.16. The number of piperidine rings is 1. The second kappa shape index (κ2) is 4.32. The number of rotatable bonds is 1. The topological polar surface area (TPSA) is 12.0 Å². The van der Waals surface area contributed by atoms with E-state index >= 15 is 0 Å². The van der Waals surface area contributed by atoms with E-state index in [1.54, 1.807) is 0 Å². The van der Waals surface area contributed by atoms with Crippen molar-refractivity contribution in [3.8, 4) is 0 Å². The highest BCUT2D eigenvalue weighted by atomic mass is 14.9. The minimum Gasteiger partial charge on any atom is -0.388 e. The third-order valence-electron chi connectivity index (χ3n) is 2.74. The van der Waals surface area contributed by atoms with Gasteiger partial charge in [-0.3, -0.25) is 0 Å². The zero-order valence-electron chi connectivity index (χ0n) is 8.72. The smallest absolute Gasteiger partial charge is 0.0144 e. The SMILES string of the molecule is Cc1ccccc1C=C1CCCCN1. The molecule has 1 nitrogen and oxygen atoms in total. The van der Waals surface area contributed by atoms with Crippen LogP contribution in [-0.2, 0) is 0 Å². The number of hydrogen-bond acceptors (Lipinski definition) is 1. The molecule has 1 aromatic carbocycles. The molecule has 1 N–H and O–H groups in total. The molecule has 74 valence electrons. The highest BCUT2D eigenvalue weighted by molar-refractivity contribution is 5.56. The summed E-state index contributed by atoms with van der Waals surface area (Å²) in [5.74, 6) is 0. The Kier molecular flexibility index (Phi) is 2.87. The van der Waals surface area contributed by atoms with Crippen LogP contribution in [0.15, 0.2) is 30.0 Å². The normalized spacial score (nSPS) is 19.4. The Morgan fingerprint density at radius 2 is 2.07 bits per heavy atom. The van der Waals surface area contributed by atoms with Crippen molar-refractivity contribution in [2.75, 3.05) is 6.54 Å². The van der Waals surface area contributed by atoms with Gasteiger partial charge in [0.15, 0.2) is 0 Å². The van der Waals surface area contributed by atoms with Crippen LogP contribution in [0, 0.1) is 6.92 Å². The number of nitrogens with one attached hydrogen (secondary N) is 1. The summed E-state index contributed by atoms with van der Waals surface area (Å²) in [7, 11) is 0. The van der Waals surface area contributed by atoms with E-state index in [1.165, 1.54) is 36.1 Å². The van der Waals surface area contributed by atoms with Gasteiger partial charge in [-0.1, -0.05) is 24.3 Å². The van der Waals surface area contributed by atoms with Crippen molar-refractivity contribution in [2.24, 2.45) is 0 Å². The first-order valence-corrected chi connectivity index (χ1v) is 5.36. The van der Waals surface area contributed by atoms with Crippen molar-refractivity contribution in [1.29, 1.82) is 0 Å². The molecule has 0 aromatic heterocycles. The lowest BCUT2D eigenvalue weighted by Gasteiger charge is -2.16. The van der Waals surface area contributed by atoms with Crippen LogP contribution < -0.4 is 5.32 Å². The van der Waals surface area contributed by atoms with E-state index in [0.29, 0.717) is 0 Å². The standard InChI is InChI=1S/C13H17N/c1-11-6-2-3-7-12(11)10-13-8-4-5-9-14-13/h2-3,6-7,10,14H,4-5,8-9H2,1H3. The summed E-state index contributed by atoms with van der Waals surface area (Å²) in [6, 6.07) is 8.53. The molecule has 0 saturated carbocycles. The van der Waals surface area contributed by atoms with E-state index < -0.39 is 0 Å². The molecular formula is C13H17N. The minimum absolute atomic E-state index is 1.14. The van der Waals surface area contributed by atoms with Gasteiger partial charge >= 0.3 is 0 Å². The quantitative estimate of drug-likeness (QED) is 0.712. The summed E-state index contributed by atoms with van der Waals surface area (Å²) >= 11 is 0. The maximum atomic E-state index is 3.46. The van der Waals surface area contributed by atoms with Crippen molar-refractivity contribution in [3.05, 3.63) is 41.1 Å². The van der Waals surface area contributed by atoms with Gasteiger partial charge in [0.25, 0.3) is 0 Å². The first kappa shape index (κ1) is 9.32. The van der Waals surface area contributed by atoms with E-state index in [0.717, 1.165) is 6.54 Å². The van der Waals surface area contributed by atoms with E-state index in [1.807, 2.05) is 0 Å². The summed E-state index contributed by atoms with van der Waals surface area (Å²) < 4.78 is 0. The molecule has 1 aliphatic heterocycles. The van der Waals surface area contributed by atoms with Gasteiger partial charge in [-0.2, -0.15) is 0 Å². The maximum Gasteiger partial charge on any atom is 0.0144 e. The van der Waals surface area contributed by atoms with Crippen LogP contribution >= 0.6 is 0 Å². The average Bonchev–Trinajstić information content (AvgIpc) is 2.23. The summed E-state index contributed by atoms with van der Waals surface area (Å²) in [4.78, 5) is 0. The molecule has 1 heteroatoms. The molecule has 1 fully saturated rings. The van der Waals surface area contributed by atoms with Crippen molar-refractivity contribution in [3.63, 3.8) is 0 Å². The van der Waals surface area contributed by atoms with Gasteiger partial charge in [0, 0.05) is 12.2 Å². The van der Waals surface area contributed by atoms with Gasteiger partial charge in [-0.25, -0.2) is 0 Å². The van der Waals surface area contributed by atoms with Crippen LogP contribution in [-0.4, -0.2) is 6.54 Å². The second-order valence-corrected chi connectivity index (χ2v) is 3.91. The first-order chi connectivity index (χ1) is 6.86. The molecule has 0 radical (unpaired) electrons. The van der Waals surface area contributed by atoms with Gasteiger partial charge in [-0.15, -0.1) is 0 Å². The van der Waals surface area contributed by atoms with Crippen molar-refractivity contribution in [1.82, 2.24) is 5.32 Å². The van der Waals surface area contributed by atoms with Crippen LogP contribution in [0.25, 0.3) is 6.08 Å². The molecule has 1 saturated heterocycles. The predicted molar refractivity (Wildman–Crippen MR) is 61.0 cm³/mol. The fourth-order valence-electron chi connectivity index (χ4n) is 1.84. The van der Waals surface area contributed by atoms with Crippen molar-refractivity contribution < 1.29 is 0 Å². The second-order valence-electron chi connectivity index (χ2n) is 3.91. The Labute approximate surface area is 85.8 Å². The van der Waals surface area contributed by atoms with Gasteiger partial charge < -0.3 is 5.32 Å². The lowest BCUT2D eigenvalue weighted by Crippen LogP contribution is -2.19. The number of aryl methyl sites for hydroxylation is 1. The third-order valence-corrected chi connectivity index (χ3v) is 2.74. The molecule has 0 unspecified atom stereocenters. The molecule has 1 aliphatic rings. The lowest BCUT2D eigenvalue weighted by molar-refractivity contribution is 0.592. The number of benzene rings is 1. The summed E-state index contributed by atoms with van der Waals surface area (Å²) in [5, 5.41) is 3.46. The molecular weight excluding hydrogens is 170 g/mol. The first-order valence-electron chi connectivity index (χ1n) is 5.36. The molecule has 0 spiro atoms. The van der Waals surface area contributed by atoms with Crippen LogP contribution in [0.1, 0.15) is 30.4 Å². The molecule has 0 amide bonds. The third kappa shape index (κ3) is 2.16. The highest BCUT2D eigenvalue weighted by Gasteiger charge is 2.04. The van der Waals surface area contributed by atoms with Crippen molar-refractivity contribution >= 4 is 6.08 Å². The molecule has 2 rings (SSSR count). The van der Waals surface area contributed by atoms with E-state index in [-0.39, 0.29) is 0 Å². The zero-order chi connectivity index (χ0) is 9.80. The molecule has 14 heavy (non-hydrogen) atoms.